The summed E-state index contributed by atoms with van der Waals surface area (Å²) in [6.45, 7) is 4.96. The molecule has 4 heterocycles. The number of carbonyl (C=O) groups is 2. The molecule has 0 fully saturated rings. The number of nitrogens with zero attached hydrogens (tertiary/aromatic N) is 2. The fraction of sp³-hybridized carbons (Fsp3) is 0.243. The summed E-state index contributed by atoms with van der Waals surface area (Å²) in [6.07, 6.45) is 4.76. The van der Waals surface area contributed by atoms with E-state index in [1.54, 1.807) is 12.1 Å². The second-order valence-electron chi connectivity index (χ2n) is 11.2. The number of nitrogens with one attached hydrogen (secondary N) is 2. The summed E-state index contributed by atoms with van der Waals surface area (Å²) < 4.78 is 11.5. The van der Waals surface area contributed by atoms with Gasteiger partial charge in [0, 0.05) is 23.9 Å². The first kappa shape index (κ1) is 29.8. The van der Waals surface area contributed by atoms with E-state index in [-0.39, 0.29) is 11.8 Å². The van der Waals surface area contributed by atoms with Gasteiger partial charge in [-0.1, -0.05) is 55.7 Å². The summed E-state index contributed by atoms with van der Waals surface area (Å²) in [6, 6.07) is 26.5. The molecule has 0 aliphatic carbocycles. The lowest BCUT2D eigenvalue weighted by molar-refractivity contribution is 0.0947. The van der Waals surface area contributed by atoms with Crippen LogP contribution in [0, 0.1) is 13.8 Å². The van der Waals surface area contributed by atoms with Crippen LogP contribution in [-0.4, -0.2) is 34.9 Å². The average molecular weight is 601 g/mol. The number of rotatable bonds is 12. The van der Waals surface area contributed by atoms with Crippen molar-refractivity contribution in [3.05, 3.63) is 108 Å². The molecular formula is C37H36N4O4. The first-order chi connectivity index (χ1) is 22.0. The number of pyridine rings is 2. The van der Waals surface area contributed by atoms with E-state index < -0.39 is 0 Å². The Morgan fingerprint density at radius 2 is 1.00 bits per heavy atom. The van der Waals surface area contributed by atoms with E-state index in [9.17, 15) is 9.59 Å². The van der Waals surface area contributed by atoms with Crippen LogP contribution in [0.5, 0.6) is 0 Å². The predicted octanol–water partition coefficient (Wildman–Crippen LogP) is 8.03. The standard InChI is InChI=1S/C37H36N4O4/c1-24-16-18-34(44-24)32-22-28(26-12-6-8-14-30(26)40-32)36(42)38-20-10-4-3-5-11-21-39-37(43)29-23-33(35-19-17-25(2)45-35)41-31-15-9-7-13-27(29)31/h6-9,12-19,22-23H,3-5,10-11,20-21H2,1-2H3,(H,38,42)(H,39,43). The van der Waals surface area contributed by atoms with E-state index in [1.165, 1.54) is 0 Å². The first-order valence-corrected chi connectivity index (χ1v) is 15.5. The zero-order valence-corrected chi connectivity index (χ0v) is 25.6. The van der Waals surface area contributed by atoms with Gasteiger partial charge in [0.15, 0.2) is 11.5 Å². The second-order valence-corrected chi connectivity index (χ2v) is 11.2. The van der Waals surface area contributed by atoms with Crippen molar-refractivity contribution >= 4 is 33.6 Å². The fourth-order valence-corrected chi connectivity index (χ4v) is 5.50. The summed E-state index contributed by atoms with van der Waals surface area (Å²) >= 11 is 0. The van der Waals surface area contributed by atoms with Crippen LogP contribution < -0.4 is 10.6 Å². The zero-order chi connectivity index (χ0) is 31.2. The molecule has 8 nitrogen and oxygen atoms in total. The van der Waals surface area contributed by atoms with Gasteiger partial charge in [-0.05, 0) is 75.2 Å². The van der Waals surface area contributed by atoms with E-state index in [1.807, 2.05) is 86.6 Å². The highest BCUT2D eigenvalue weighted by Crippen LogP contribution is 2.27. The van der Waals surface area contributed by atoms with Gasteiger partial charge in [-0.2, -0.15) is 0 Å². The minimum atomic E-state index is -0.116. The fourth-order valence-electron chi connectivity index (χ4n) is 5.50. The monoisotopic (exact) mass is 600 g/mol. The Kier molecular flexibility index (Phi) is 9.01. The van der Waals surface area contributed by atoms with Crippen molar-refractivity contribution in [3.63, 3.8) is 0 Å². The number of unbranched alkanes of at least 4 members (excludes halogenated alkanes) is 4. The number of aromatic nitrogens is 2. The van der Waals surface area contributed by atoms with Gasteiger partial charge in [-0.25, -0.2) is 9.97 Å². The summed E-state index contributed by atoms with van der Waals surface area (Å²) in [5, 5.41) is 7.78. The van der Waals surface area contributed by atoms with Crippen LogP contribution in [0.25, 0.3) is 44.7 Å². The van der Waals surface area contributed by atoms with Gasteiger partial charge in [0.1, 0.15) is 22.9 Å². The maximum absolute atomic E-state index is 13.2. The number of amides is 2. The summed E-state index contributed by atoms with van der Waals surface area (Å²) in [7, 11) is 0. The Labute approximate surface area is 261 Å². The molecule has 0 spiro atoms. The summed E-state index contributed by atoms with van der Waals surface area (Å²) in [5.74, 6) is 2.65. The summed E-state index contributed by atoms with van der Waals surface area (Å²) in [4.78, 5) is 35.7. The van der Waals surface area contributed by atoms with E-state index in [4.69, 9.17) is 18.8 Å². The molecular weight excluding hydrogens is 564 g/mol. The molecule has 2 amide bonds. The molecule has 2 N–H and O–H groups in total. The molecule has 0 bridgehead atoms. The highest BCUT2D eigenvalue weighted by Gasteiger charge is 2.16. The molecule has 0 aliphatic heterocycles. The zero-order valence-electron chi connectivity index (χ0n) is 25.6. The van der Waals surface area contributed by atoms with Crippen LogP contribution >= 0.6 is 0 Å². The molecule has 0 radical (unpaired) electrons. The highest BCUT2D eigenvalue weighted by atomic mass is 16.3. The SMILES string of the molecule is Cc1ccc(-c2cc(C(=O)NCCCCCCCNC(=O)c3cc(-c4ccc(C)o4)nc4ccccc34)c3ccccc3n2)o1. The third-order valence-electron chi connectivity index (χ3n) is 7.83. The number of benzene rings is 2. The van der Waals surface area contributed by atoms with E-state index in [2.05, 4.69) is 10.6 Å². The number of para-hydroxylation sites is 2. The van der Waals surface area contributed by atoms with Gasteiger partial charge >= 0.3 is 0 Å². The molecule has 0 unspecified atom stereocenters. The second kappa shape index (κ2) is 13.6. The van der Waals surface area contributed by atoms with E-state index in [0.717, 1.165) is 65.4 Å². The molecule has 228 valence electrons. The number of hydrogen-bond donors (Lipinski definition) is 2. The minimum Gasteiger partial charge on any atom is -0.460 e. The van der Waals surface area contributed by atoms with Crippen molar-refractivity contribution in [3.8, 4) is 22.9 Å². The van der Waals surface area contributed by atoms with Gasteiger partial charge < -0.3 is 19.5 Å². The van der Waals surface area contributed by atoms with Crippen molar-refractivity contribution in [2.24, 2.45) is 0 Å². The topological polar surface area (TPSA) is 110 Å². The van der Waals surface area contributed by atoms with Gasteiger partial charge in [-0.15, -0.1) is 0 Å². The van der Waals surface area contributed by atoms with Crippen molar-refractivity contribution < 1.29 is 18.4 Å². The lowest BCUT2D eigenvalue weighted by atomic mass is 10.1. The third kappa shape index (κ3) is 6.96. The van der Waals surface area contributed by atoms with Gasteiger partial charge in [0.05, 0.1) is 22.2 Å². The van der Waals surface area contributed by atoms with Gasteiger partial charge in [-0.3, -0.25) is 9.59 Å². The predicted molar refractivity (Wildman–Crippen MR) is 176 cm³/mol. The molecule has 0 saturated carbocycles. The van der Waals surface area contributed by atoms with Crippen molar-refractivity contribution in [1.82, 2.24) is 20.6 Å². The van der Waals surface area contributed by atoms with Crippen molar-refractivity contribution in [2.45, 2.75) is 46.0 Å². The molecule has 45 heavy (non-hydrogen) atoms. The Morgan fingerprint density at radius 3 is 1.42 bits per heavy atom. The molecule has 8 heteroatoms. The van der Waals surface area contributed by atoms with Crippen LogP contribution in [-0.2, 0) is 0 Å². The number of aryl methyl sites for hydroxylation is 2. The quantitative estimate of drug-likeness (QED) is 0.138. The molecule has 2 aromatic carbocycles. The van der Waals surface area contributed by atoms with Crippen LogP contribution in [0.1, 0.15) is 64.3 Å². The largest absolute Gasteiger partial charge is 0.460 e. The average Bonchev–Trinajstić information content (AvgIpc) is 3.70. The number of hydrogen-bond acceptors (Lipinski definition) is 6. The maximum atomic E-state index is 13.2. The van der Waals surface area contributed by atoms with Crippen LogP contribution in [0.15, 0.2) is 93.8 Å². The minimum absolute atomic E-state index is 0.116. The van der Waals surface area contributed by atoms with Crippen molar-refractivity contribution in [1.29, 1.82) is 0 Å². The number of furan rings is 2. The molecule has 4 aromatic heterocycles. The maximum Gasteiger partial charge on any atom is 0.252 e. The molecule has 0 saturated heterocycles. The van der Waals surface area contributed by atoms with E-state index in [0.29, 0.717) is 47.1 Å². The van der Waals surface area contributed by atoms with E-state index >= 15 is 0 Å². The third-order valence-corrected chi connectivity index (χ3v) is 7.83. The Bertz CT molecular complexity index is 1830. The van der Waals surface area contributed by atoms with Crippen molar-refractivity contribution in [2.75, 3.05) is 13.1 Å². The molecule has 6 rings (SSSR count). The Hall–Kier alpha value is -5.24. The summed E-state index contributed by atoms with van der Waals surface area (Å²) in [5.41, 5.74) is 3.98. The van der Waals surface area contributed by atoms with Gasteiger partial charge in [0.2, 0.25) is 0 Å². The molecule has 0 aliphatic rings. The lowest BCUT2D eigenvalue weighted by Crippen LogP contribution is -2.25. The Morgan fingerprint density at radius 1 is 0.578 bits per heavy atom. The smallest absolute Gasteiger partial charge is 0.252 e. The molecule has 0 atom stereocenters. The Balaban J connectivity index is 0.960. The normalized spacial score (nSPS) is 11.2. The van der Waals surface area contributed by atoms with Crippen LogP contribution in [0.4, 0.5) is 0 Å². The van der Waals surface area contributed by atoms with Crippen LogP contribution in [0.2, 0.25) is 0 Å². The van der Waals surface area contributed by atoms with Crippen LogP contribution in [0.3, 0.4) is 0 Å². The van der Waals surface area contributed by atoms with Gasteiger partial charge in [0.25, 0.3) is 11.8 Å². The highest BCUT2D eigenvalue weighted by molar-refractivity contribution is 6.08. The lowest BCUT2D eigenvalue weighted by Gasteiger charge is -2.10. The number of fused-ring (bicyclic) bond motifs is 2. The first-order valence-electron chi connectivity index (χ1n) is 15.5. The molecule has 6 aromatic rings. The number of carbonyl (C=O) groups excluding carboxylic acids is 2.